The van der Waals surface area contributed by atoms with Crippen LogP contribution in [0.2, 0.25) is 0 Å². The molecular formula is C13H19N. The fourth-order valence-electron chi connectivity index (χ4n) is 3.65. The van der Waals surface area contributed by atoms with Gasteiger partial charge in [-0.15, -0.1) is 0 Å². The monoisotopic (exact) mass is 189 g/mol. The highest BCUT2D eigenvalue weighted by Crippen LogP contribution is 2.71. The van der Waals surface area contributed by atoms with E-state index in [1.807, 2.05) is 0 Å². The Labute approximate surface area is 86.1 Å². The molecule has 3 aliphatic carbocycles. The first kappa shape index (κ1) is 8.72. The molecule has 0 saturated heterocycles. The molecule has 76 valence electrons. The molecule has 0 bridgehead atoms. The van der Waals surface area contributed by atoms with Crippen LogP contribution in [0.25, 0.3) is 0 Å². The first-order chi connectivity index (χ1) is 6.79. The van der Waals surface area contributed by atoms with Gasteiger partial charge in [-0.05, 0) is 19.3 Å². The number of hydrogen-bond acceptors (Lipinski definition) is 1. The van der Waals surface area contributed by atoms with E-state index in [4.69, 9.17) is 5.73 Å². The quantitative estimate of drug-likeness (QED) is 0.623. The molecule has 3 atom stereocenters. The highest BCUT2D eigenvalue weighted by Gasteiger charge is 2.66. The second kappa shape index (κ2) is 2.73. The molecule has 3 aliphatic rings. The summed E-state index contributed by atoms with van der Waals surface area (Å²) in [4.78, 5) is 0. The van der Waals surface area contributed by atoms with Gasteiger partial charge in [0.25, 0.3) is 0 Å². The Morgan fingerprint density at radius 3 is 2.86 bits per heavy atom. The van der Waals surface area contributed by atoms with Crippen molar-refractivity contribution in [2.75, 3.05) is 0 Å². The molecule has 0 heterocycles. The Kier molecular flexibility index (Phi) is 1.70. The summed E-state index contributed by atoms with van der Waals surface area (Å²) in [5.41, 5.74) is 7.18. The number of rotatable bonds is 0. The van der Waals surface area contributed by atoms with Crippen LogP contribution in [0, 0.1) is 10.8 Å². The normalized spacial score (nSPS) is 50.2. The molecule has 0 aliphatic heterocycles. The number of nitrogens with two attached hydrogens (primary N) is 1. The highest BCUT2D eigenvalue weighted by molar-refractivity contribution is 5.38. The van der Waals surface area contributed by atoms with Crippen LogP contribution in [0.3, 0.4) is 0 Å². The molecule has 0 amide bonds. The van der Waals surface area contributed by atoms with E-state index in [0.717, 1.165) is 0 Å². The van der Waals surface area contributed by atoms with Gasteiger partial charge >= 0.3 is 0 Å². The van der Waals surface area contributed by atoms with Crippen LogP contribution in [0.5, 0.6) is 0 Å². The SMILES string of the molecule is NC1CCCCCC23C=CC=CC12C3. The van der Waals surface area contributed by atoms with E-state index in [1.165, 1.54) is 38.5 Å². The maximum Gasteiger partial charge on any atom is 0.0139 e. The zero-order valence-electron chi connectivity index (χ0n) is 8.71. The molecule has 0 radical (unpaired) electrons. The van der Waals surface area contributed by atoms with Crippen molar-refractivity contribution in [2.24, 2.45) is 16.6 Å². The molecule has 0 aromatic heterocycles. The molecule has 1 nitrogen and oxygen atoms in total. The molecule has 1 heteroatoms. The predicted molar refractivity (Wildman–Crippen MR) is 58.8 cm³/mol. The van der Waals surface area contributed by atoms with Crippen molar-refractivity contribution in [3.63, 3.8) is 0 Å². The minimum atomic E-state index is 0.363. The Morgan fingerprint density at radius 1 is 1.07 bits per heavy atom. The molecule has 2 fully saturated rings. The predicted octanol–water partition coefficient (Wildman–Crippen LogP) is 2.78. The first-order valence-electron chi connectivity index (χ1n) is 5.92. The van der Waals surface area contributed by atoms with E-state index in [2.05, 4.69) is 24.3 Å². The fourth-order valence-corrected chi connectivity index (χ4v) is 3.65. The molecule has 0 spiro atoms. The summed E-state index contributed by atoms with van der Waals surface area (Å²) in [6.07, 6.45) is 17.2. The number of hydrogen-bond donors (Lipinski definition) is 1. The summed E-state index contributed by atoms with van der Waals surface area (Å²) in [5, 5.41) is 0. The molecule has 2 saturated carbocycles. The lowest BCUT2D eigenvalue weighted by atomic mass is 9.77. The molecule has 14 heavy (non-hydrogen) atoms. The molecule has 3 rings (SSSR count). The van der Waals surface area contributed by atoms with Crippen LogP contribution >= 0.6 is 0 Å². The van der Waals surface area contributed by atoms with E-state index in [1.54, 1.807) is 0 Å². The first-order valence-corrected chi connectivity index (χ1v) is 5.92. The van der Waals surface area contributed by atoms with Crippen LogP contribution in [0.15, 0.2) is 24.3 Å². The van der Waals surface area contributed by atoms with E-state index in [9.17, 15) is 0 Å². The van der Waals surface area contributed by atoms with Gasteiger partial charge in [-0.1, -0.05) is 43.6 Å². The Balaban J connectivity index is 1.94. The molecule has 3 unspecified atom stereocenters. The van der Waals surface area contributed by atoms with Gasteiger partial charge in [0, 0.05) is 16.9 Å². The zero-order valence-corrected chi connectivity index (χ0v) is 8.71. The van der Waals surface area contributed by atoms with Gasteiger partial charge in [0.15, 0.2) is 0 Å². The standard InChI is InChI=1S/C13H19N/c14-11-6-2-1-3-7-12-8-4-5-9-13(11,12)10-12/h4-5,8-9,11H,1-3,6-7,10,14H2. The second-order valence-electron chi connectivity index (χ2n) is 5.30. The van der Waals surface area contributed by atoms with Gasteiger partial charge in [0.1, 0.15) is 0 Å². The van der Waals surface area contributed by atoms with E-state index in [0.29, 0.717) is 16.9 Å². The van der Waals surface area contributed by atoms with Crippen molar-refractivity contribution in [1.29, 1.82) is 0 Å². The smallest absolute Gasteiger partial charge is 0.0139 e. The third-order valence-electron chi connectivity index (χ3n) is 4.63. The van der Waals surface area contributed by atoms with Crippen molar-refractivity contribution in [2.45, 2.75) is 44.6 Å². The lowest BCUT2D eigenvalue weighted by molar-refractivity contribution is 0.317. The zero-order chi connectivity index (χ0) is 9.65. The van der Waals surface area contributed by atoms with E-state index >= 15 is 0 Å². The van der Waals surface area contributed by atoms with Crippen molar-refractivity contribution in [3.05, 3.63) is 24.3 Å². The maximum absolute atomic E-state index is 6.34. The van der Waals surface area contributed by atoms with Gasteiger partial charge in [-0.3, -0.25) is 0 Å². The number of allylic oxidation sites excluding steroid dienone is 3. The van der Waals surface area contributed by atoms with Crippen LogP contribution in [0.4, 0.5) is 0 Å². The third kappa shape index (κ3) is 0.939. The summed E-state index contributed by atoms with van der Waals surface area (Å²) in [6.45, 7) is 0. The molecular weight excluding hydrogens is 170 g/mol. The van der Waals surface area contributed by atoms with Crippen LogP contribution in [-0.4, -0.2) is 6.04 Å². The summed E-state index contributed by atoms with van der Waals surface area (Å²) in [5.74, 6) is 0. The average Bonchev–Trinajstić information content (AvgIpc) is 2.85. The summed E-state index contributed by atoms with van der Waals surface area (Å²) in [6, 6.07) is 0.406. The van der Waals surface area contributed by atoms with Gasteiger partial charge in [-0.2, -0.15) is 0 Å². The van der Waals surface area contributed by atoms with Crippen LogP contribution in [0.1, 0.15) is 38.5 Å². The van der Waals surface area contributed by atoms with Gasteiger partial charge in [0.05, 0.1) is 0 Å². The third-order valence-corrected chi connectivity index (χ3v) is 4.63. The summed E-state index contributed by atoms with van der Waals surface area (Å²) < 4.78 is 0. The second-order valence-corrected chi connectivity index (χ2v) is 5.30. The Bertz CT molecular complexity index is 304. The van der Waals surface area contributed by atoms with Gasteiger partial charge < -0.3 is 5.73 Å². The summed E-state index contributed by atoms with van der Waals surface area (Å²) in [7, 11) is 0. The average molecular weight is 189 g/mol. The molecule has 0 aromatic carbocycles. The van der Waals surface area contributed by atoms with Crippen molar-refractivity contribution in [3.8, 4) is 0 Å². The van der Waals surface area contributed by atoms with Crippen molar-refractivity contribution >= 4 is 0 Å². The van der Waals surface area contributed by atoms with Crippen molar-refractivity contribution in [1.82, 2.24) is 0 Å². The van der Waals surface area contributed by atoms with Crippen LogP contribution < -0.4 is 5.73 Å². The van der Waals surface area contributed by atoms with Crippen LogP contribution in [-0.2, 0) is 0 Å². The Morgan fingerprint density at radius 2 is 1.93 bits per heavy atom. The molecule has 2 N–H and O–H groups in total. The molecule has 0 aromatic rings. The van der Waals surface area contributed by atoms with Crippen molar-refractivity contribution < 1.29 is 0 Å². The maximum atomic E-state index is 6.34. The lowest BCUT2D eigenvalue weighted by Crippen LogP contribution is -2.35. The van der Waals surface area contributed by atoms with Gasteiger partial charge in [-0.25, -0.2) is 0 Å². The van der Waals surface area contributed by atoms with Gasteiger partial charge in [0.2, 0.25) is 0 Å². The van der Waals surface area contributed by atoms with E-state index < -0.39 is 0 Å². The summed E-state index contributed by atoms with van der Waals surface area (Å²) >= 11 is 0. The topological polar surface area (TPSA) is 26.0 Å². The fraction of sp³-hybridized carbons (Fsp3) is 0.692. The van der Waals surface area contributed by atoms with E-state index in [-0.39, 0.29) is 0 Å². The largest absolute Gasteiger partial charge is 0.327 e. The minimum absolute atomic E-state index is 0.363. The Hall–Kier alpha value is -0.560. The minimum Gasteiger partial charge on any atom is -0.327 e. The lowest BCUT2D eigenvalue weighted by Gasteiger charge is -2.30. The highest BCUT2D eigenvalue weighted by atomic mass is 14.8.